The van der Waals surface area contributed by atoms with Gasteiger partial charge in [0, 0.05) is 28.9 Å². The Morgan fingerprint density at radius 2 is 1.64 bits per heavy atom. The number of hydrogen-bond donors (Lipinski definition) is 5. The molecule has 0 aliphatic rings. The first-order chi connectivity index (χ1) is 20.7. The number of halogens is 4. The highest BCUT2D eigenvalue weighted by Gasteiger charge is 2.42. The van der Waals surface area contributed by atoms with Gasteiger partial charge in [-0.25, -0.2) is 9.18 Å². The standard InChI is InChI=1S/C29H29F4N5O6/c1-4-42-22-13-19(20(30)14-23(22)43-15(2)3)24(27(40)38-37-26(39)16-8-6-5-7-9-16)36-17-10-11-18(25(34)35)21(12-17)44-28(41)29(31,32)33/h5-15,24,36H,4H2,1-3H3,(H3,34,35)(H,37,39)(H,38,40). The average molecular weight is 620 g/mol. The van der Waals surface area contributed by atoms with E-state index in [9.17, 15) is 27.6 Å². The lowest BCUT2D eigenvalue weighted by molar-refractivity contribution is -0.189. The normalized spacial score (nSPS) is 11.7. The number of nitrogen functional groups attached to an aromatic ring is 1. The summed E-state index contributed by atoms with van der Waals surface area (Å²) in [5.74, 6) is -6.55. The van der Waals surface area contributed by atoms with E-state index in [-0.39, 0.29) is 46.6 Å². The van der Waals surface area contributed by atoms with Gasteiger partial charge in [-0.3, -0.25) is 25.8 Å². The van der Waals surface area contributed by atoms with Crippen LogP contribution in [0.2, 0.25) is 0 Å². The van der Waals surface area contributed by atoms with E-state index in [2.05, 4.69) is 20.9 Å². The van der Waals surface area contributed by atoms with Crippen LogP contribution < -0.4 is 36.1 Å². The van der Waals surface area contributed by atoms with E-state index in [4.69, 9.17) is 20.6 Å². The molecule has 44 heavy (non-hydrogen) atoms. The number of nitrogens with one attached hydrogen (secondary N) is 4. The third-order valence-corrected chi connectivity index (χ3v) is 5.65. The molecular weight excluding hydrogens is 590 g/mol. The molecule has 0 spiro atoms. The van der Waals surface area contributed by atoms with Crippen molar-refractivity contribution in [2.75, 3.05) is 11.9 Å². The number of carbonyl (C=O) groups excluding carboxylic acids is 3. The van der Waals surface area contributed by atoms with Gasteiger partial charge in [0.2, 0.25) is 0 Å². The van der Waals surface area contributed by atoms with Crippen LogP contribution in [-0.2, 0) is 9.59 Å². The lowest BCUT2D eigenvalue weighted by atomic mass is 10.0. The quantitative estimate of drug-likeness (QED) is 0.0527. The molecule has 0 aliphatic carbocycles. The van der Waals surface area contributed by atoms with Crippen LogP contribution in [0.1, 0.15) is 48.3 Å². The van der Waals surface area contributed by atoms with Crippen LogP contribution in [0.5, 0.6) is 17.2 Å². The summed E-state index contributed by atoms with van der Waals surface area (Å²) >= 11 is 0. The minimum absolute atomic E-state index is 0.0480. The molecule has 0 fully saturated rings. The van der Waals surface area contributed by atoms with Crippen LogP contribution >= 0.6 is 0 Å². The first-order valence-corrected chi connectivity index (χ1v) is 13.0. The summed E-state index contributed by atoms with van der Waals surface area (Å²) in [5, 5.41) is 10.3. The molecule has 3 aromatic carbocycles. The Morgan fingerprint density at radius 1 is 0.955 bits per heavy atom. The van der Waals surface area contributed by atoms with E-state index >= 15 is 4.39 Å². The highest BCUT2D eigenvalue weighted by atomic mass is 19.4. The topological polar surface area (TPSA) is 165 Å². The van der Waals surface area contributed by atoms with Gasteiger partial charge in [0.05, 0.1) is 18.3 Å². The number of hydrazine groups is 1. The van der Waals surface area contributed by atoms with Crippen molar-refractivity contribution in [1.29, 1.82) is 5.41 Å². The lowest BCUT2D eigenvalue weighted by Gasteiger charge is -2.23. The number of anilines is 1. The van der Waals surface area contributed by atoms with Crippen LogP contribution in [0.25, 0.3) is 0 Å². The van der Waals surface area contributed by atoms with Crippen LogP contribution in [0.4, 0.5) is 23.2 Å². The molecule has 0 radical (unpaired) electrons. The van der Waals surface area contributed by atoms with Crippen molar-refractivity contribution in [1.82, 2.24) is 10.9 Å². The smallest absolute Gasteiger partial charge is 0.490 e. The van der Waals surface area contributed by atoms with E-state index < -0.39 is 47.4 Å². The maximum atomic E-state index is 15.6. The van der Waals surface area contributed by atoms with Gasteiger partial charge in [0.25, 0.3) is 11.8 Å². The summed E-state index contributed by atoms with van der Waals surface area (Å²) < 4.78 is 69.9. The second-order valence-electron chi connectivity index (χ2n) is 9.32. The molecule has 0 saturated heterocycles. The number of amidine groups is 1. The fourth-order valence-corrected chi connectivity index (χ4v) is 3.77. The van der Waals surface area contributed by atoms with E-state index in [1.807, 2.05) is 0 Å². The Kier molecular flexibility index (Phi) is 10.7. The predicted molar refractivity (Wildman–Crippen MR) is 151 cm³/mol. The summed E-state index contributed by atoms with van der Waals surface area (Å²) in [5.41, 5.74) is 9.23. The van der Waals surface area contributed by atoms with E-state index in [1.54, 1.807) is 39.0 Å². The number of carbonyl (C=O) groups is 3. The van der Waals surface area contributed by atoms with Crippen molar-refractivity contribution >= 4 is 29.3 Å². The van der Waals surface area contributed by atoms with Gasteiger partial charge in [0.1, 0.15) is 23.4 Å². The van der Waals surface area contributed by atoms with Gasteiger partial charge in [0.15, 0.2) is 11.5 Å². The van der Waals surface area contributed by atoms with E-state index in [0.717, 1.165) is 18.2 Å². The third-order valence-electron chi connectivity index (χ3n) is 5.65. The first kappa shape index (κ1) is 33.2. The molecule has 6 N–H and O–H groups in total. The van der Waals surface area contributed by atoms with Crippen LogP contribution in [0, 0.1) is 11.2 Å². The molecule has 1 atom stereocenters. The van der Waals surface area contributed by atoms with Gasteiger partial charge < -0.3 is 25.3 Å². The molecule has 0 aromatic heterocycles. The number of hydrogen-bond acceptors (Lipinski definition) is 8. The van der Waals surface area contributed by atoms with Gasteiger partial charge in [-0.05, 0) is 51.1 Å². The summed E-state index contributed by atoms with van der Waals surface area (Å²) in [7, 11) is 0. The Hall–Kier alpha value is -5.34. The van der Waals surface area contributed by atoms with Gasteiger partial charge >= 0.3 is 12.1 Å². The highest BCUT2D eigenvalue weighted by molar-refractivity contribution is 5.99. The van der Waals surface area contributed by atoms with Crippen molar-refractivity contribution in [2.45, 2.75) is 39.1 Å². The SMILES string of the molecule is CCOc1cc(C(Nc2ccc(C(=N)N)c(OC(=O)C(F)(F)F)c2)C(=O)NNC(=O)c2ccccc2)c(F)cc1OC(C)C. The summed E-state index contributed by atoms with van der Waals surface area (Å²) in [6.45, 7) is 5.24. The van der Waals surface area contributed by atoms with Crippen molar-refractivity contribution in [3.63, 3.8) is 0 Å². The number of benzene rings is 3. The summed E-state index contributed by atoms with van der Waals surface area (Å²) in [4.78, 5) is 37.5. The van der Waals surface area contributed by atoms with Crippen molar-refractivity contribution in [3.8, 4) is 17.2 Å². The lowest BCUT2D eigenvalue weighted by Crippen LogP contribution is -2.45. The van der Waals surface area contributed by atoms with Gasteiger partial charge in [-0.1, -0.05) is 18.2 Å². The molecular formula is C29H29F4N5O6. The second-order valence-corrected chi connectivity index (χ2v) is 9.32. The van der Waals surface area contributed by atoms with Gasteiger partial charge in [-0.15, -0.1) is 0 Å². The molecule has 0 heterocycles. The maximum absolute atomic E-state index is 15.6. The van der Waals surface area contributed by atoms with Crippen molar-refractivity contribution in [3.05, 3.63) is 83.2 Å². The maximum Gasteiger partial charge on any atom is 0.491 e. The molecule has 1 unspecified atom stereocenters. The minimum Gasteiger partial charge on any atom is -0.490 e. The zero-order chi connectivity index (χ0) is 32.6. The second kappa shape index (κ2) is 14.2. The average Bonchev–Trinajstić information content (AvgIpc) is 2.95. The largest absolute Gasteiger partial charge is 0.491 e. The molecule has 0 aliphatic heterocycles. The monoisotopic (exact) mass is 619 g/mol. The zero-order valence-electron chi connectivity index (χ0n) is 23.7. The van der Waals surface area contributed by atoms with Crippen molar-refractivity contribution < 1.29 is 46.2 Å². The minimum atomic E-state index is -5.37. The molecule has 0 bridgehead atoms. The van der Waals surface area contributed by atoms with Crippen LogP contribution in [0.15, 0.2) is 60.7 Å². The summed E-state index contributed by atoms with van der Waals surface area (Å²) in [6, 6.07) is 11.5. The molecule has 3 rings (SSSR count). The molecule has 234 valence electrons. The van der Waals surface area contributed by atoms with Crippen LogP contribution in [-0.4, -0.2) is 42.5 Å². The first-order valence-electron chi connectivity index (χ1n) is 13.0. The Bertz CT molecular complexity index is 1530. The zero-order valence-corrected chi connectivity index (χ0v) is 23.7. The fraction of sp³-hybridized carbons (Fsp3) is 0.241. The van der Waals surface area contributed by atoms with E-state index in [1.165, 1.54) is 24.3 Å². The third kappa shape index (κ3) is 8.59. The Balaban J connectivity index is 2.05. The number of amides is 2. The number of nitrogens with two attached hydrogens (primary N) is 1. The molecule has 15 heteroatoms. The van der Waals surface area contributed by atoms with Crippen LogP contribution in [0.3, 0.4) is 0 Å². The molecule has 3 aromatic rings. The fourth-order valence-electron chi connectivity index (χ4n) is 3.77. The number of ether oxygens (including phenoxy) is 3. The Labute approximate surface area is 249 Å². The number of alkyl halides is 3. The Morgan fingerprint density at radius 3 is 2.23 bits per heavy atom. The number of esters is 1. The highest BCUT2D eigenvalue weighted by Crippen LogP contribution is 2.36. The predicted octanol–water partition coefficient (Wildman–Crippen LogP) is 4.38. The molecule has 11 nitrogen and oxygen atoms in total. The number of rotatable bonds is 11. The van der Waals surface area contributed by atoms with Gasteiger partial charge in [-0.2, -0.15) is 13.2 Å². The summed E-state index contributed by atoms with van der Waals surface area (Å²) in [6.07, 6.45) is -5.72. The molecule has 0 saturated carbocycles. The molecule has 2 amide bonds. The van der Waals surface area contributed by atoms with E-state index in [0.29, 0.717) is 0 Å². The van der Waals surface area contributed by atoms with Crippen molar-refractivity contribution in [2.24, 2.45) is 5.73 Å².